The van der Waals surface area contributed by atoms with Crippen molar-refractivity contribution < 1.29 is 8.78 Å². The normalized spacial score (nSPS) is 25.7. The van der Waals surface area contributed by atoms with Crippen molar-refractivity contribution in [3.8, 4) is 0 Å². The van der Waals surface area contributed by atoms with Gasteiger partial charge in [-0.2, -0.15) is 0 Å². The summed E-state index contributed by atoms with van der Waals surface area (Å²) in [5, 5.41) is 3.68. The summed E-state index contributed by atoms with van der Waals surface area (Å²) in [4.78, 5) is 1.89. The zero-order valence-corrected chi connectivity index (χ0v) is 9.80. The zero-order valence-electron chi connectivity index (χ0n) is 9.80. The molecule has 0 unspecified atom stereocenters. The number of rotatable bonds is 4. The lowest BCUT2D eigenvalue weighted by molar-refractivity contribution is 0.0721. The zero-order chi connectivity index (χ0) is 11.4. The van der Waals surface area contributed by atoms with E-state index in [1.807, 2.05) is 4.90 Å². The van der Waals surface area contributed by atoms with Crippen molar-refractivity contribution >= 4 is 0 Å². The van der Waals surface area contributed by atoms with Crippen LogP contribution < -0.4 is 5.32 Å². The van der Waals surface area contributed by atoms with E-state index in [-0.39, 0.29) is 6.54 Å². The molecule has 0 amide bonds. The minimum absolute atomic E-state index is 0.0455. The molecule has 0 aromatic carbocycles. The van der Waals surface area contributed by atoms with E-state index in [4.69, 9.17) is 0 Å². The summed E-state index contributed by atoms with van der Waals surface area (Å²) in [5.74, 6) is 0. The van der Waals surface area contributed by atoms with Crippen LogP contribution in [0.3, 0.4) is 0 Å². The number of hydrogen-bond donors (Lipinski definition) is 1. The van der Waals surface area contributed by atoms with E-state index in [1.165, 1.54) is 25.7 Å². The number of nitrogens with zero attached hydrogens (tertiary/aromatic N) is 1. The maximum absolute atomic E-state index is 12.2. The Balaban J connectivity index is 1.64. The second kappa shape index (κ2) is 5.92. The van der Waals surface area contributed by atoms with Gasteiger partial charge in [0.15, 0.2) is 0 Å². The van der Waals surface area contributed by atoms with Gasteiger partial charge in [-0.1, -0.05) is 12.8 Å². The largest absolute Gasteiger partial charge is 0.311 e. The summed E-state index contributed by atoms with van der Waals surface area (Å²) in [6.07, 6.45) is 5.18. The minimum atomic E-state index is -2.18. The maximum Gasteiger partial charge on any atom is 0.251 e. The van der Waals surface area contributed by atoms with Crippen LogP contribution in [0.4, 0.5) is 8.78 Å². The van der Waals surface area contributed by atoms with E-state index < -0.39 is 6.43 Å². The average molecular weight is 232 g/mol. The molecule has 16 heavy (non-hydrogen) atoms. The van der Waals surface area contributed by atoms with Gasteiger partial charge in [0.2, 0.25) is 0 Å². The van der Waals surface area contributed by atoms with Gasteiger partial charge in [0.25, 0.3) is 6.43 Å². The van der Waals surface area contributed by atoms with Gasteiger partial charge >= 0.3 is 0 Å². The van der Waals surface area contributed by atoms with Crippen molar-refractivity contribution in [1.82, 2.24) is 10.2 Å². The van der Waals surface area contributed by atoms with Gasteiger partial charge in [0.05, 0.1) is 6.54 Å². The molecule has 1 saturated heterocycles. The van der Waals surface area contributed by atoms with Crippen molar-refractivity contribution in [3.05, 3.63) is 0 Å². The molecule has 0 aromatic heterocycles. The number of alkyl halides is 2. The third-order valence-electron chi connectivity index (χ3n) is 3.81. The van der Waals surface area contributed by atoms with Crippen molar-refractivity contribution in [2.75, 3.05) is 19.6 Å². The maximum atomic E-state index is 12.2. The van der Waals surface area contributed by atoms with Gasteiger partial charge in [-0.3, -0.25) is 4.90 Å². The number of nitrogens with one attached hydrogen (secondary N) is 1. The molecule has 1 saturated carbocycles. The van der Waals surface area contributed by atoms with E-state index in [2.05, 4.69) is 5.32 Å². The van der Waals surface area contributed by atoms with Crippen LogP contribution in [0.2, 0.25) is 0 Å². The lowest BCUT2D eigenvalue weighted by atomic mass is 10.0. The Morgan fingerprint density at radius 2 is 1.56 bits per heavy atom. The minimum Gasteiger partial charge on any atom is -0.311 e. The van der Waals surface area contributed by atoms with Crippen LogP contribution in [0.1, 0.15) is 38.5 Å². The Morgan fingerprint density at radius 3 is 2.12 bits per heavy atom. The third-order valence-corrected chi connectivity index (χ3v) is 3.81. The smallest absolute Gasteiger partial charge is 0.251 e. The number of hydrogen-bond acceptors (Lipinski definition) is 2. The molecule has 1 aliphatic heterocycles. The van der Waals surface area contributed by atoms with Gasteiger partial charge in [-0.25, -0.2) is 8.78 Å². The van der Waals surface area contributed by atoms with Crippen molar-refractivity contribution in [1.29, 1.82) is 0 Å². The first-order chi connectivity index (χ1) is 7.74. The summed E-state index contributed by atoms with van der Waals surface area (Å²) in [6, 6.07) is 1.27. The fourth-order valence-corrected chi connectivity index (χ4v) is 2.90. The average Bonchev–Trinajstić information content (AvgIpc) is 2.73. The summed E-state index contributed by atoms with van der Waals surface area (Å²) < 4.78 is 24.4. The van der Waals surface area contributed by atoms with E-state index in [9.17, 15) is 8.78 Å². The molecule has 1 aliphatic carbocycles. The van der Waals surface area contributed by atoms with Crippen LogP contribution in [0.5, 0.6) is 0 Å². The van der Waals surface area contributed by atoms with E-state index in [1.54, 1.807) is 0 Å². The Bertz CT molecular complexity index is 197. The Morgan fingerprint density at radius 1 is 1.00 bits per heavy atom. The summed E-state index contributed by atoms with van der Waals surface area (Å²) in [7, 11) is 0. The third kappa shape index (κ3) is 3.67. The monoisotopic (exact) mass is 232 g/mol. The predicted molar refractivity (Wildman–Crippen MR) is 60.9 cm³/mol. The summed E-state index contributed by atoms with van der Waals surface area (Å²) >= 11 is 0. The molecule has 0 spiro atoms. The van der Waals surface area contributed by atoms with Crippen molar-refractivity contribution in [3.63, 3.8) is 0 Å². The summed E-state index contributed by atoms with van der Waals surface area (Å²) in [6.45, 7) is 1.61. The van der Waals surface area contributed by atoms with E-state index >= 15 is 0 Å². The Labute approximate surface area is 96.4 Å². The van der Waals surface area contributed by atoms with E-state index in [0.29, 0.717) is 12.1 Å². The van der Waals surface area contributed by atoms with Gasteiger partial charge in [0, 0.05) is 12.1 Å². The first-order valence-electron chi connectivity index (χ1n) is 6.50. The topological polar surface area (TPSA) is 15.3 Å². The molecular weight excluding hydrogens is 210 g/mol. The van der Waals surface area contributed by atoms with Crippen LogP contribution in [0.15, 0.2) is 0 Å². The highest BCUT2D eigenvalue weighted by molar-refractivity contribution is 4.83. The molecule has 0 atom stereocenters. The molecule has 0 bridgehead atoms. The molecule has 2 aliphatic rings. The lowest BCUT2D eigenvalue weighted by Crippen LogP contribution is -2.46. The van der Waals surface area contributed by atoms with E-state index in [0.717, 1.165) is 25.9 Å². The van der Waals surface area contributed by atoms with Crippen LogP contribution >= 0.6 is 0 Å². The highest BCUT2D eigenvalue weighted by Crippen LogP contribution is 2.20. The molecule has 0 radical (unpaired) electrons. The van der Waals surface area contributed by atoms with Crippen molar-refractivity contribution in [2.45, 2.75) is 57.0 Å². The fourth-order valence-electron chi connectivity index (χ4n) is 2.90. The molecule has 0 aromatic rings. The molecule has 1 N–H and O–H groups in total. The summed E-state index contributed by atoms with van der Waals surface area (Å²) in [5.41, 5.74) is 0. The molecule has 2 nitrogen and oxygen atoms in total. The highest BCUT2D eigenvalue weighted by atomic mass is 19.3. The standard InChI is InChI=1S/C12H22F2N2/c13-12(14)9-16-7-5-11(6-8-16)15-10-3-1-2-4-10/h10-12,15H,1-9H2. The van der Waals surface area contributed by atoms with Crippen LogP contribution in [-0.4, -0.2) is 43.0 Å². The van der Waals surface area contributed by atoms with Gasteiger partial charge in [-0.05, 0) is 38.8 Å². The number of halogens is 2. The van der Waals surface area contributed by atoms with Gasteiger partial charge < -0.3 is 5.32 Å². The highest BCUT2D eigenvalue weighted by Gasteiger charge is 2.24. The second-order valence-electron chi connectivity index (χ2n) is 5.11. The first kappa shape index (κ1) is 12.2. The lowest BCUT2D eigenvalue weighted by Gasteiger charge is -2.33. The van der Waals surface area contributed by atoms with Crippen molar-refractivity contribution in [2.24, 2.45) is 0 Å². The first-order valence-corrected chi connectivity index (χ1v) is 6.50. The van der Waals surface area contributed by atoms with Crippen LogP contribution in [0.25, 0.3) is 0 Å². The molecule has 2 rings (SSSR count). The quantitative estimate of drug-likeness (QED) is 0.799. The SMILES string of the molecule is FC(F)CN1CCC(NC2CCCC2)CC1. The second-order valence-corrected chi connectivity index (χ2v) is 5.11. The van der Waals surface area contributed by atoms with Crippen LogP contribution in [-0.2, 0) is 0 Å². The van der Waals surface area contributed by atoms with Crippen LogP contribution in [0, 0.1) is 0 Å². The predicted octanol–water partition coefficient (Wildman–Crippen LogP) is 2.25. The van der Waals surface area contributed by atoms with Gasteiger partial charge in [-0.15, -0.1) is 0 Å². The molecule has 2 fully saturated rings. The molecule has 1 heterocycles. The molecule has 4 heteroatoms. The molecular formula is C12H22F2N2. The Kier molecular flexibility index (Phi) is 4.53. The van der Waals surface area contributed by atoms with Gasteiger partial charge in [0.1, 0.15) is 0 Å². The number of piperidine rings is 1. The molecule has 94 valence electrons. The fraction of sp³-hybridized carbons (Fsp3) is 1.00. The Hall–Kier alpha value is -0.220. The number of likely N-dealkylation sites (tertiary alicyclic amines) is 1.